The average molecular weight is 258 g/mol. The summed E-state index contributed by atoms with van der Waals surface area (Å²) in [6.07, 6.45) is 0. The highest BCUT2D eigenvalue weighted by Gasteiger charge is 2.07. The Balaban J connectivity index is 2.40. The van der Waals surface area contributed by atoms with Crippen molar-refractivity contribution in [3.05, 3.63) is 52.2 Å². The molecule has 1 aromatic heterocycles. The molecule has 0 fully saturated rings. The molecule has 0 atom stereocenters. The molecule has 0 radical (unpaired) electrons. The number of nitriles is 1. The number of aromatic nitrogens is 1. The van der Waals surface area contributed by atoms with E-state index in [2.05, 4.69) is 16.4 Å². The van der Waals surface area contributed by atoms with E-state index < -0.39 is 0 Å². The molecule has 0 saturated heterocycles. The van der Waals surface area contributed by atoms with Gasteiger partial charge < -0.3 is 5.32 Å². The highest BCUT2D eigenvalue weighted by atomic mass is 35.5. The van der Waals surface area contributed by atoms with E-state index in [1.165, 1.54) is 0 Å². The lowest BCUT2D eigenvalue weighted by atomic mass is 10.2. The Kier molecular flexibility index (Phi) is 3.50. The van der Waals surface area contributed by atoms with E-state index in [9.17, 15) is 0 Å². The maximum Gasteiger partial charge on any atom is 0.148 e. The summed E-state index contributed by atoms with van der Waals surface area (Å²) in [7, 11) is 0. The van der Waals surface area contributed by atoms with Crippen molar-refractivity contribution in [2.75, 3.05) is 5.32 Å². The fourth-order valence-electron chi connectivity index (χ4n) is 1.59. The van der Waals surface area contributed by atoms with Crippen LogP contribution in [-0.2, 0) is 0 Å². The first-order chi connectivity index (χ1) is 8.60. The minimum Gasteiger partial charge on any atom is -0.338 e. The Morgan fingerprint density at radius 2 is 2.00 bits per heavy atom. The number of nitrogens with one attached hydrogen (secondary N) is 1. The van der Waals surface area contributed by atoms with Crippen molar-refractivity contribution in [2.24, 2.45) is 0 Å². The summed E-state index contributed by atoms with van der Waals surface area (Å²) >= 11 is 6.14. The highest BCUT2D eigenvalue weighted by molar-refractivity contribution is 6.33. The number of rotatable bonds is 2. The molecule has 1 heterocycles. The van der Waals surface area contributed by atoms with Gasteiger partial charge >= 0.3 is 0 Å². The summed E-state index contributed by atoms with van der Waals surface area (Å²) in [5, 5.41) is 12.7. The topological polar surface area (TPSA) is 48.7 Å². The first-order valence-corrected chi connectivity index (χ1v) is 5.89. The minimum absolute atomic E-state index is 0.497. The van der Waals surface area contributed by atoms with Gasteiger partial charge in [0.05, 0.1) is 16.3 Å². The summed E-state index contributed by atoms with van der Waals surface area (Å²) in [6.45, 7) is 3.85. The van der Waals surface area contributed by atoms with E-state index in [1.54, 1.807) is 12.1 Å². The van der Waals surface area contributed by atoms with Crippen molar-refractivity contribution in [1.29, 1.82) is 5.26 Å². The number of aryl methyl sites for hydroxylation is 2. The number of benzene rings is 1. The molecule has 0 unspecified atom stereocenters. The second-order valence-corrected chi connectivity index (χ2v) is 4.48. The lowest BCUT2D eigenvalue weighted by Crippen LogP contribution is -1.99. The number of hydrogen-bond acceptors (Lipinski definition) is 3. The largest absolute Gasteiger partial charge is 0.338 e. The molecule has 0 spiro atoms. The van der Waals surface area contributed by atoms with Gasteiger partial charge in [-0.3, -0.25) is 0 Å². The molecule has 0 amide bonds. The van der Waals surface area contributed by atoms with Gasteiger partial charge in [-0.15, -0.1) is 0 Å². The van der Waals surface area contributed by atoms with Crippen molar-refractivity contribution in [2.45, 2.75) is 13.8 Å². The first-order valence-electron chi connectivity index (χ1n) is 5.51. The maximum absolute atomic E-state index is 9.04. The second-order valence-electron chi connectivity index (χ2n) is 4.07. The van der Waals surface area contributed by atoms with Crippen molar-refractivity contribution >= 4 is 23.1 Å². The van der Waals surface area contributed by atoms with Gasteiger partial charge in [-0.1, -0.05) is 17.7 Å². The third-order valence-corrected chi connectivity index (χ3v) is 2.85. The van der Waals surface area contributed by atoms with E-state index in [0.29, 0.717) is 16.4 Å². The molecule has 90 valence electrons. The van der Waals surface area contributed by atoms with Crippen molar-refractivity contribution in [3.63, 3.8) is 0 Å². The standard InChI is InChI=1S/C14H12ClN3/c1-9-3-6-13(12(15)7-9)18-14-11(8-16)5-4-10(2)17-14/h3-7H,1-2H3,(H,17,18). The quantitative estimate of drug-likeness (QED) is 0.886. The minimum atomic E-state index is 0.497. The number of anilines is 2. The monoisotopic (exact) mass is 257 g/mol. The maximum atomic E-state index is 9.04. The molecule has 3 nitrogen and oxygen atoms in total. The molecule has 0 aliphatic heterocycles. The lowest BCUT2D eigenvalue weighted by Gasteiger charge is -2.10. The Labute approximate surface area is 111 Å². The van der Waals surface area contributed by atoms with Gasteiger partial charge in [0.2, 0.25) is 0 Å². The zero-order valence-corrected chi connectivity index (χ0v) is 10.9. The number of pyridine rings is 1. The molecule has 2 aromatic rings. The molecule has 0 aliphatic rings. The normalized spacial score (nSPS) is 9.89. The summed E-state index contributed by atoms with van der Waals surface area (Å²) in [5.74, 6) is 0.531. The highest BCUT2D eigenvalue weighted by Crippen LogP contribution is 2.26. The van der Waals surface area contributed by atoms with Gasteiger partial charge in [-0.05, 0) is 43.7 Å². The zero-order valence-electron chi connectivity index (χ0n) is 10.2. The Morgan fingerprint density at radius 3 is 2.67 bits per heavy atom. The summed E-state index contributed by atoms with van der Waals surface area (Å²) < 4.78 is 0. The van der Waals surface area contributed by atoms with Crippen molar-refractivity contribution < 1.29 is 0 Å². The molecule has 4 heteroatoms. The number of halogens is 1. The molecular weight excluding hydrogens is 246 g/mol. The van der Waals surface area contributed by atoms with Crippen LogP contribution in [0.3, 0.4) is 0 Å². The Morgan fingerprint density at radius 1 is 1.22 bits per heavy atom. The van der Waals surface area contributed by atoms with Crippen LogP contribution in [-0.4, -0.2) is 4.98 Å². The van der Waals surface area contributed by atoms with Crippen molar-refractivity contribution in [1.82, 2.24) is 4.98 Å². The van der Waals surface area contributed by atoms with Crippen LogP contribution in [0.4, 0.5) is 11.5 Å². The smallest absolute Gasteiger partial charge is 0.148 e. The van der Waals surface area contributed by atoms with E-state index in [4.69, 9.17) is 16.9 Å². The van der Waals surface area contributed by atoms with Crippen LogP contribution in [0.2, 0.25) is 5.02 Å². The van der Waals surface area contributed by atoms with E-state index in [1.807, 2.05) is 32.0 Å². The van der Waals surface area contributed by atoms with E-state index >= 15 is 0 Å². The fourth-order valence-corrected chi connectivity index (χ4v) is 1.87. The third kappa shape index (κ3) is 2.61. The molecule has 2 rings (SSSR count). The molecule has 1 aromatic carbocycles. The SMILES string of the molecule is Cc1ccc(Nc2nc(C)ccc2C#N)c(Cl)c1. The molecule has 0 aliphatic carbocycles. The van der Waals surface area contributed by atoms with Gasteiger partial charge in [0.25, 0.3) is 0 Å². The number of nitrogens with zero attached hydrogens (tertiary/aromatic N) is 2. The van der Waals surface area contributed by atoms with Gasteiger partial charge in [0, 0.05) is 5.69 Å². The molecule has 18 heavy (non-hydrogen) atoms. The van der Waals surface area contributed by atoms with Crippen molar-refractivity contribution in [3.8, 4) is 6.07 Å². The molecule has 0 saturated carbocycles. The fraction of sp³-hybridized carbons (Fsp3) is 0.143. The van der Waals surface area contributed by atoms with Gasteiger partial charge in [-0.25, -0.2) is 4.98 Å². The van der Waals surface area contributed by atoms with Crippen LogP contribution < -0.4 is 5.32 Å². The summed E-state index contributed by atoms with van der Waals surface area (Å²) in [5.41, 5.74) is 3.18. The summed E-state index contributed by atoms with van der Waals surface area (Å²) in [6, 6.07) is 11.4. The van der Waals surface area contributed by atoms with Gasteiger partial charge in [-0.2, -0.15) is 5.26 Å². The Hall–Kier alpha value is -2.05. The van der Waals surface area contributed by atoms with E-state index in [-0.39, 0.29) is 0 Å². The van der Waals surface area contributed by atoms with Crippen LogP contribution in [0.25, 0.3) is 0 Å². The summed E-state index contributed by atoms with van der Waals surface area (Å²) in [4.78, 5) is 4.31. The lowest BCUT2D eigenvalue weighted by molar-refractivity contribution is 1.19. The van der Waals surface area contributed by atoms with Crippen LogP contribution in [0, 0.1) is 25.2 Å². The average Bonchev–Trinajstić information content (AvgIpc) is 2.33. The first kappa shape index (κ1) is 12.4. The van der Waals surface area contributed by atoms with Gasteiger partial charge in [0.1, 0.15) is 11.9 Å². The second kappa shape index (κ2) is 5.07. The van der Waals surface area contributed by atoms with Crippen LogP contribution in [0.1, 0.15) is 16.8 Å². The molecule has 0 bridgehead atoms. The van der Waals surface area contributed by atoms with Crippen LogP contribution in [0.15, 0.2) is 30.3 Å². The van der Waals surface area contributed by atoms with Crippen LogP contribution in [0.5, 0.6) is 0 Å². The van der Waals surface area contributed by atoms with Gasteiger partial charge in [0.15, 0.2) is 0 Å². The predicted molar refractivity (Wildman–Crippen MR) is 73.2 cm³/mol. The third-order valence-electron chi connectivity index (χ3n) is 2.53. The Bertz CT molecular complexity index is 629. The van der Waals surface area contributed by atoms with Crippen LogP contribution >= 0.6 is 11.6 Å². The van der Waals surface area contributed by atoms with E-state index in [0.717, 1.165) is 16.9 Å². The zero-order chi connectivity index (χ0) is 13.1. The molecule has 1 N–H and O–H groups in total. The number of hydrogen-bond donors (Lipinski definition) is 1. The predicted octanol–water partition coefficient (Wildman–Crippen LogP) is 3.97. The molecular formula is C14H12ClN3.